The fourth-order valence-electron chi connectivity index (χ4n) is 2.92. The number of carbonyl (C=O) groups is 1. The lowest BCUT2D eigenvalue weighted by atomic mass is 10.1. The van der Waals surface area contributed by atoms with Gasteiger partial charge in [-0.15, -0.1) is 0 Å². The topological polar surface area (TPSA) is 80.5 Å². The number of nitrogens with zero attached hydrogens (tertiary/aromatic N) is 1. The maximum Gasteiger partial charge on any atom is 0.223 e. The fraction of sp³-hybridized carbons (Fsp3) is 0.562. The zero-order valence-corrected chi connectivity index (χ0v) is 13.8. The number of hydrogen-bond acceptors (Lipinski definition) is 4. The van der Waals surface area contributed by atoms with Gasteiger partial charge in [-0.1, -0.05) is 25.1 Å². The Morgan fingerprint density at radius 3 is 2.68 bits per heavy atom. The van der Waals surface area contributed by atoms with Gasteiger partial charge in [-0.3, -0.25) is 4.79 Å². The number of rotatable bonds is 6. The summed E-state index contributed by atoms with van der Waals surface area (Å²) in [4.78, 5) is 14.3. The standard InChI is InChI=1S/C16H24N2O3S/c1-2-10-18(14-9-11-22(20,21)12-14)16(19)8-7-13-5-3-4-6-15(13)17/h3-6,14H,2,7-12,17H2,1H3. The number of anilines is 1. The van der Waals surface area contributed by atoms with Crippen LogP contribution in [0.1, 0.15) is 31.7 Å². The third-order valence-electron chi connectivity index (χ3n) is 4.10. The molecular formula is C16H24N2O3S. The molecule has 1 amide bonds. The van der Waals surface area contributed by atoms with Gasteiger partial charge < -0.3 is 10.6 Å². The highest BCUT2D eigenvalue weighted by Crippen LogP contribution is 2.20. The molecule has 122 valence electrons. The molecule has 1 aliphatic rings. The van der Waals surface area contributed by atoms with Crippen molar-refractivity contribution in [3.05, 3.63) is 29.8 Å². The van der Waals surface area contributed by atoms with Crippen molar-refractivity contribution < 1.29 is 13.2 Å². The molecule has 1 aromatic rings. The van der Waals surface area contributed by atoms with Crippen LogP contribution < -0.4 is 5.73 Å². The smallest absolute Gasteiger partial charge is 0.223 e. The Kier molecular flexibility index (Phi) is 5.45. The number of para-hydroxylation sites is 1. The number of nitrogen functional groups attached to an aromatic ring is 1. The highest BCUT2D eigenvalue weighted by molar-refractivity contribution is 7.91. The summed E-state index contributed by atoms with van der Waals surface area (Å²) in [6.45, 7) is 2.61. The molecule has 2 rings (SSSR count). The van der Waals surface area contributed by atoms with E-state index in [1.54, 1.807) is 4.90 Å². The van der Waals surface area contributed by atoms with E-state index in [1.807, 2.05) is 31.2 Å². The van der Waals surface area contributed by atoms with Crippen LogP contribution in [0.3, 0.4) is 0 Å². The van der Waals surface area contributed by atoms with Gasteiger partial charge in [-0.2, -0.15) is 0 Å². The second-order valence-corrected chi connectivity index (χ2v) is 8.07. The summed E-state index contributed by atoms with van der Waals surface area (Å²) in [5.74, 6) is 0.315. The molecule has 0 spiro atoms. The van der Waals surface area contributed by atoms with Gasteiger partial charge in [-0.25, -0.2) is 8.42 Å². The lowest BCUT2D eigenvalue weighted by Crippen LogP contribution is -2.41. The number of carbonyl (C=O) groups excluding carboxylic acids is 1. The van der Waals surface area contributed by atoms with Crippen molar-refractivity contribution in [2.45, 2.75) is 38.6 Å². The molecule has 1 atom stereocenters. The van der Waals surface area contributed by atoms with Crippen LogP contribution in [0.25, 0.3) is 0 Å². The van der Waals surface area contributed by atoms with Gasteiger partial charge in [0.05, 0.1) is 11.5 Å². The van der Waals surface area contributed by atoms with Crippen LogP contribution in [0.2, 0.25) is 0 Å². The van der Waals surface area contributed by atoms with Gasteiger partial charge in [0.2, 0.25) is 5.91 Å². The SMILES string of the molecule is CCCN(C(=O)CCc1ccccc1N)C1CCS(=O)(=O)C1. The van der Waals surface area contributed by atoms with Crippen LogP contribution in [0.4, 0.5) is 5.69 Å². The van der Waals surface area contributed by atoms with Crippen molar-refractivity contribution in [1.29, 1.82) is 0 Å². The van der Waals surface area contributed by atoms with E-state index in [9.17, 15) is 13.2 Å². The predicted molar refractivity (Wildman–Crippen MR) is 88.2 cm³/mol. The van der Waals surface area contributed by atoms with Crippen LogP contribution in [0.5, 0.6) is 0 Å². The van der Waals surface area contributed by atoms with E-state index in [0.29, 0.717) is 31.5 Å². The number of benzene rings is 1. The average Bonchev–Trinajstić information content (AvgIpc) is 2.83. The maximum absolute atomic E-state index is 12.5. The van der Waals surface area contributed by atoms with E-state index in [1.165, 1.54) is 0 Å². The number of amides is 1. The molecule has 1 aromatic carbocycles. The Labute approximate surface area is 132 Å². The summed E-state index contributed by atoms with van der Waals surface area (Å²) in [5.41, 5.74) is 7.55. The molecular weight excluding hydrogens is 300 g/mol. The minimum atomic E-state index is -2.98. The van der Waals surface area contributed by atoms with Crippen molar-refractivity contribution in [3.63, 3.8) is 0 Å². The lowest BCUT2D eigenvalue weighted by molar-refractivity contribution is -0.133. The van der Waals surface area contributed by atoms with E-state index in [2.05, 4.69) is 0 Å². The number of nitrogens with two attached hydrogens (primary N) is 1. The fourth-order valence-corrected chi connectivity index (χ4v) is 4.65. The Hall–Kier alpha value is -1.56. The van der Waals surface area contributed by atoms with Gasteiger partial charge in [-0.05, 0) is 30.9 Å². The first-order chi connectivity index (χ1) is 10.4. The molecule has 0 aromatic heterocycles. The second-order valence-electron chi connectivity index (χ2n) is 5.84. The zero-order chi connectivity index (χ0) is 16.2. The highest BCUT2D eigenvalue weighted by atomic mass is 32.2. The quantitative estimate of drug-likeness (QED) is 0.807. The molecule has 0 bridgehead atoms. The van der Waals surface area contributed by atoms with Gasteiger partial charge >= 0.3 is 0 Å². The molecule has 6 heteroatoms. The van der Waals surface area contributed by atoms with E-state index >= 15 is 0 Å². The molecule has 1 aliphatic heterocycles. The maximum atomic E-state index is 12.5. The van der Waals surface area contributed by atoms with Gasteiger partial charge in [0.15, 0.2) is 9.84 Å². The number of aryl methyl sites for hydroxylation is 1. The van der Waals surface area contributed by atoms with Crippen LogP contribution in [0.15, 0.2) is 24.3 Å². The van der Waals surface area contributed by atoms with Crippen LogP contribution in [-0.2, 0) is 21.1 Å². The molecule has 0 radical (unpaired) electrons. The summed E-state index contributed by atoms with van der Waals surface area (Å²) < 4.78 is 23.3. The third-order valence-corrected chi connectivity index (χ3v) is 5.85. The summed E-state index contributed by atoms with van der Waals surface area (Å²) in [6.07, 6.45) is 2.34. The number of hydrogen-bond donors (Lipinski definition) is 1. The third kappa shape index (κ3) is 4.22. The Balaban J connectivity index is 2.00. The van der Waals surface area contributed by atoms with Gasteiger partial charge in [0.1, 0.15) is 0 Å². The number of sulfone groups is 1. The summed E-state index contributed by atoms with van der Waals surface area (Å²) in [5, 5.41) is 0. The minimum Gasteiger partial charge on any atom is -0.399 e. The Bertz CT molecular complexity index is 628. The van der Waals surface area contributed by atoms with Crippen LogP contribution in [-0.4, -0.2) is 43.3 Å². The molecule has 1 unspecified atom stereocenters. The van der Waals surface area contributed by atoms with Crippen molar-refractivity contribution >= 4 is 21.4 Å². The molecule has 1 saturated heterocycles. The molecule has 1 fully saturated rings. The van der Waals surface area contributed by atoms with E-state index in [0.717, 1.165) is 12.0 Å². The van der Waals surface area contributed by atoms with E-state index in [4.69, 9.17) is 5.73 Å². The van der Waals surface area contributed by atoms with Crippen LogP contribution >= 0.6 is 0 Å². The molecule has 0 saturated carbocycles. The average molecular weight is 324 g/mol. The summed E-state index contributed by atoms with van der Waals surface area (Å²) in [7, 11) is -2.98. The Morgan fingerprint density at radius 2 is 2.09 bits per heavy atom. The van der Waals surface area contributed by atoms with Crippen molar-refractivity contribution in [1.82, 2.24) is 4.90 Å². The molecule has 2 N–H and O–H groups in total. The molecule has 1 heterocycles. The predicted octanol–water partition coefficient (Wildman–Crippen LogP) is 1.63. The lowest BCUT2D eigenvalue weighted by Gasteiger charge is -2.28. The summed E-state index contributed by atoms with van der Waals surface area (Å²) >= 11 is 0. The monoisotopic (exact) mass is 324 g/mol. The zero-order valence-electron chi connectivity index (χ0n) is 13.0. The van der Waals surface area contributed by atoms with Crippen molar-refractivity contribution in [2.75, 3.05) is 23.8 Å². The van der Waals surface area contributed by atoms with Crippen molar-refractivity contribution in [3.8, 4) is 0 Å². The van der Waals surface area contributed by atoms with Crippen LogP contribution in [0, 0.1) is 0 Å². The first-order valence-electron chi connectivity index (χ1n) is 7.76. The highest BCUT2D eigenvalue weighted by Gasteiger charge is 2.33. The minimum absolute atomic E-state index is 0.0206. The van der Waals surface area contributed by atoms with Gasteiger partial charge in [0, 0.05) is 24.7 Å². The largest absolute Gasteiger partial charge is 0.399 e. The second kappa shape index (κ2) is 7.13. The summed E-state index contributed by atoms with van der Waals surface area (Å²) in [6, 6.07) is 7.36. The van der Waals surface area contributed by atoms with Crippen molar-refractivity contribution in [2.24, 2.45) is 0 Å². The Morgan fingerprint density at radius 1 is 1.36 bits per heavy atom. The molecule has 5 nitrogen and oxygen atoms in total. The first-order valence-corrected chi connectivity index (χ1v) is 9.58. The van der Waals surface area contributed by atoms with E-state index < -0.39 is 9.84 Å². The van der Waals surface area contributed by atoms with Gasteiger partial charge in [0.25, 0.3) is 0 Å². The first kappa shape index (κ1) is 16.8. The molecule has 0 aliphatic carbocycles. The molecule has 22 heavy (non-hydrogen) atoms. The normalized spacial score (nSPS) is 20.0. The van der Waals surface area contributed by atoms with E-state index in [-0.39, 0.29) is 23.5 Å².